The van der Waals surface area contributed by atoms with Crippen LogP contribution < -0.4 is 4.72 Å². The van der Waals surface area contributed by atoms with E-state index in [1.165, 1.54) is 6.07 Å². The standard InChI is InChI=1S/C14H23NO4S/c1-3-12-6-7-14(10-13(12)11-16)20(17,18)15-8-4-5-9-19-2/h6-7,10,15-16H,3-5,8-9,11H2,1-2H3. The Labute approximate surface area is 121 Å². The number of nitrogens with one attached hydrogen (secondary N) is 1. The molecule has 0 radical (unpaired) electrons. The SMILES string of the molecule is CCc1ccc(S(=O)(=O)NCCCCOC)cc1CO. The summed E-state index contributed by atoms with van der Waals surface area (Å²) in [6, 6.07) is 4.87. The zero-order valence-corrected chi connectivity index (χ0v) is 12.9. The van der Waals surface area contributed by atoms with Gasteiger partial charge in [-0.05, 0) is 42.5 Å². The van der Waals surface area contributed by atoms with Crippen LogP contribution in [0.15, 0.2) is 23.1 Å². The van der Waals surface area contributed by atoms with Crippen LogP contribution >= 0.6 is 0 Å². The van der Waals surface area contributed by atoms with E-state index in [2.05, 4.69) is 4.72 Å². The normalized spacial score (nSPS) is 11.8. The van der Waals surface area contributed by atoms with Gasteiger partial charge in [-0.15, -0.1) is 0 Å². The number of aryl methyl sites for hydroxylation is 1. The zero-order chi connectivity index (χ0) is 15.0. The van der Waals surface area contributed by atoms with Gasteiger partial charge in [-0.1, -0.05) is 13.0 Å². The third-order valence-corrected chi connectivity index (χ3v) is 4.57. The molecule has 114 valence electrons. The van der Waals surface area contributed by atoms with Crippen molar-refractivity contribution in [1.29, 1.82) is 0 Å². The number of aliphatic hydroxyl groups is 1. The van der Waals surface area contributed by atoms with Crippen molar-refractivity contribution in [3.63, 3.8) is 0 Å². The Morgan fingerprint density at radius 3 is 2.60 bits per heavy atom. The number of hydrogen-bond acceptors (Lipinski definition) is 4. The first-order valence-corrected chi connectivity index (χ1v) is 8.24. The summed E-state index contributed by atoms with van der Waals surface area (Å²) in [6.45, 7) is 2.83. The fourth-order valence-electron chi connectivity index (χ4n) is 1.92. The van der Waals surface area contributed by atoms with E-state index in [1.54, 1.807) is 19.2 Å². The molecule has 20 heavy (non-hydrogen) atoms. The highest BCUT2D eigenvalue weighted by Crippen LogP contribution is 2.17. The van der Waals surface area contributed by atoms with E-state index < -0.39 is 10.0 Å². The number of benzene rings is 1. The maximum atomic E-state index is 12.1. The predicted octanol–water partition coefficient (Wildman–Crippen LogP) is 1.45. The Morgan fingerprint density at radius 2 is 2.00 bits per heavy atom. The van der Waals surface area contributed by atoms with Crippen LogP contribution in [-0.4, -0.2) is 33.8 Å². The van der Waals surface area contributed by atoms with E-state index >= 15 is 0 Å². The van der Waals surface area contributed by atoms with Crippen molar-refractivity contribution in [2.75, 3.05) is 20.3 Å². The summed E-state index contributed by atoms with van der Waals surface area (Å²) in [4.78, 5) is 0.200. The highest BCUT2D eigenvalue weighted by Gasteiger charge is 2.14. The molecule has 1 aromatic carbocycles. The average Bonchev–Trinajstić information content (AvgIpc) is 2.46. The Bertz CT molecular complexity index is 514. The van der Waals surface area contributed by atoms with Gasteiger partial charge in [0.15, 0.2) is 0 Å². The Hall–Kier alpha value is -0.950. The first kappa shape index (κ1) is 17.1. The van der Waals surface area contributed by atoms with Crippen LogP contribution in [0.1, 0.15) is 30.9 Å². The first-order chi connectivity index (χ1) is 9.55. The van der Waals surface area contributed by atoms with E-state index in [0.717, 1.165) is 24.8 Å². The largest absolute Gasteiger partial charge is 0.392 e. The zero-order valence-electron chi connectivity index (χ0n) is 12.1. The molecule has 6 heteroatoms. The maximum absolute atomic E-state index is 12.1. The minimum atomic E-state index is -3.51. The lowest BCUT2D eigenvalue weighted by molar-refractivity contribution is 0.193. The third-order valence-electron chi connectivity index (χ3n) is 3.11. The fraction of sp³-hybridized carbons (Fsp3) is 0.571. The molecule has 1 aromatic rings. The van der Waals surface area contributed by atoms with Gasteiger partial charge in [-0.3, -0.25) is 0 Å². The van der Waals surface area contributed by atoms with Crippen molar-refractivity contribution in [3.05, 3.63) is 29.3 Å². The van der Waals surface area contributed by atoms with Gasteiger partial charge >= 0.3 is 0 Å². The van der Waals surface area contributed by atoms with Crippen LogP contribution in [0.25, 0.3) is 0 Å². The summed E-state index contributed by atoms with van der Waals surface area (Å²) in [7, 11) is -1.89. The Kier molecular flexibility index (Phi) is 7.15. The van der Waals surface area contributed by atoms with Crippen LogP contribution in [0, 0.1) is 0 Å². The van der Waals surface area contributed by atoms with Crippen molar-refractivity contribution in [3.8, 4) is 0 Å². The number of aliphatic hydroxyl groups excluding tert-OH is 1. The molecular formula is C14H23NO4S. The molecule has 0 unspecified atom stereocenters. The Morgan fingerprint density at radius 1 is 1.25 bits per heavy atom. The number of rotatable bonds is 9. The molecule has 0 bridgehead atoms. The van der Waals surface area contributed by atoms with Crippen molar-refractivity contribution in [2.45, 2.75) is 37.7 Å². The number of sulfonamides is 1. The van der Waals surface area contributed by atoms with E-state index in [0.29, 0.717) is 18.7 Å². The molecular weight excluding hydrogens is 278 g/mol. The summed E-state index contributed by atoms with van der Waals surface area (Å²) in [5.74, 6) is 0. The summed E-state index contributed by atoms with van der Waals surface area (Å²) in [5, 5.41) is 9.28. The summed E-state index contributed by atoms with van der Waals surface area (Å²) < 4.78 is 31.7. The summed E-state index contributed by atoms with van der Waals surface area (Å²) >= 11 is 0. The molecule has 0 heterocycles. The topological polar surface area (TPSA) is 75.6 Å². The van der Waals surface area contributed by atoms with Crippen LogP contribution in [0.3, 0.4) is 0 Å². The van der Waals surface area contributed by atoms with Crippen molar-refractivity contribution < 1.29 is 18.3 Å². The number of methoxy groups -OCH3 is 1. The number of unbranched alkanes of at least 4 members (excludes halogenated alkanes) is 1. The van der Waals surface area contributed by atoms with Crippen molar-refractivity contribution >= 4 is 10.0 Å². The van der Waals surface area contributed by atoms with E-state index in [-0.39, 0.29) is 11.5 Å². The second-order valence-electron chi connectivity index (χ2n) is 4.54. The molecule has 1 rings (SSSR count). The van der Waals surface area contributed by atoms with Crippen LogP contribution in [0.4, 0.5) is 0 Å². The van der Waals surface area contributed by atoms with Gasteiger partial charge in [-0.2, -0.15) is 0 Å². The number of hydrogen-bond donors (Lipinski definition) is 2. The van der Waals surface area contributed by atoms with Gasteiger partial charge in [0.05, 0.1) is 11.5 Å². The molecule has 0 aliphatic rings. The Balaban J connectivity index is 2.72. The smallest absolute Gasteiger partial charge is 0.240 e. The van der Waals surface area contributed by atoms with Gasteiger partial charge in [0.1, 0.15) is 0 Å². The van der Waals surface area contributed by atoms with E-state index in [9.17, 15) is 13.5 Å². The molecule has 0 aromatic heterocycles. The average molecular weight is 301 g/mol. The third kappa shape index (κ3) is 4.86. The molecule has 0 aliphatic heterocycles. The van der Waals surface area contributed by atoms with Crippen LogP contribution in [-0.2, 0) is 27.8 Å². The van der Waals surface area contributed by atoms with Gasteiger partial charge < -0.3 is 9.84 Å². The van der Waals surface area contributed by atoms with Gasteiger partial charge in [0, 0.05) is 20.3 Å². The monoisotopic (exact) mass is 301 g/mol. The predicted molar refractivity (Wildman–Crippen MR) is 78.0 cm³/mol. The highest BCUT2D eigenvalue weighted by atomic mass is 32.2. The molecule has 0 fully saturated rings. The molecule has 0 aliphatic carbocycles. The molecule has 0 spiro atoms. The first-order valence-electron chi connectivity index (χ1n) is 6.76. The molecule has 0 saturated carbocycles. The fourth-order valence-corrected chi connectivity index (χ4v) is 3.05. The second-order valence-corrected chi connectivity index (χ2v) is 6.31. The second kappa shape index (κ2) is 8.36. The minimum absolute atomic E-state index is 0.152. The molecule has 5 nitrogen and oxygen atoms in total. The quantitative estimate of drug-likeness (QED) is 0.677. The van der Waals surface area contributed by atoms with Gasteiger partial charge in [0.25, 0.3) is 0 Å². The van der Waals surface area contributed by atoms with Crippen LogP contribution in [0.5, 0.6) is 0 Å². The highest BCUT2D eigenvalue weighted by molar-refractivity contribution is 7.89. The molecule has 2 N–H and O–H groups in total. The van der Waals surface area contributed by atoms with E-state index in [4.69, 9.17) is 4.74 Å². The lowest BCUT2D eigenvalue weighted by Crippen LogP contribution is -2.25. The van der Waals surface area contributed by atoms with Crippen molar-refractivity contribution in [1.82, 2.24) is 4.72 Å². The van der Waals surface area contributed by atoms with Crippen molar-refractivity contribution in [2.24, 2.45) is 0 Å². The minimum Gasteiger partial charge on any atom is -0.392 e. The lowest BCUT2D eigenvalue weighted by atomic mass is 10.1. The summed E-state index contributed by atoms with van der Waals surface area (Å²) in [6.07, 6.45) is 2.31. The van der Waals surface area contributed by atoms with Gasteiger partial charge in [0.2, 0.25) is 10.0 Å². The van der Waals surface area contributed by atoms with Crippen LogP contribution in [0.2, 0.25) is 0 Å². The van der Waals surface area contributed by atoms with E-state index in [1.807, 2.05) is 6.92 Å². The molecule has 0 atom stereocenters. The van der Waals surface area contributed by atoms with Gasteiger partial charge in [-0.25, -0.2) is 13.1 Å². The molecule has 0 saturated heterocycles. The number of ether oxygens (including phenoxy) is 1. The molecule has 0 amide bonds. The summed E-state index contributed by atoms with van der Waals surface area (Å²) in [5.41, 5.74) is 1.63. The maximum Gasteiger partial charge on any atom is 0.240 e. The lowest BCUT2D eigenvalue weighted by Gasteiger charge is -2.10.